The molecule has 18 heavy (non-hydrogen) atoms. The molecule has 3 nitrogen and oxygen atoms in total. The maximum absolute atomic E-state index is 10.1. The van der Waals surface area contributed by atoms with Crippen LogP contribution in [0, 0.1) is 11.3 Å². The number of rotatable bonds is 5. The number of thioether (sulfide) groups is 1. The number of hydrogen-bond donors (Lipinski definition) is 2. The molecule has 1 aliphatic carbocycles. The minimum absolute atomic E-state index is 0.530. The van der Waals surface area contributed by atoms with Crippen LogP contribution < -0.4 is 5.32 Å². The van der Waals surface area contributed by atoms with Crippen LogP contribution in [0.15, 0.2) is 23.1 Å². The summed E-state index contributed by atoms with van der Waals surface area (Å²) in [6.45, 7) is 2.60. The molecular formula is C14H18N2OS. The molecule has 2 N–H and O–H groups in total. The van der Waals surface area contributed by atoms with Crippen LogP contribution in [0.3, 0.4) is 0 Å². The van der Waals surface area contributed by atoms with Crippen LogP contribution in [-0.2, 0) is 0 Å². The predicted molar refractivity (Wildman–Crippen MR) is 74.8 cm³/mol. The Morgan fingerprint density at radius 2 is 2.28 bits per heavy atom. The van der Waals surface area contributed by atoms with Crippen molar-refractivity contribution in [3.05, 3.63) is 23.8 Å². The van der Waals surface area contributed by atoms with E-state index in [1.807, 2.05) is 18.2 Å². The number of aliphatic hydroxyl groups is 1. The van der Waals surface area contributed by atoms with Gasteiger partial charge in [0, 0.05) is 11.4 Å². The maximum Gasteiger partial charge on any atom is 0.102 e. The Morgan fingerprint density at radius 1 is 1.50 bits per heavy atom. The number of benzene rings is 1. The Morgan fingerprint density at radius 3 is 2.83 bits per heavy atom. The van der Waals surface area contributed by atoms with E-state index in [0.717, 1.165) is 35.6 Å². The fourth-order valence-electron chi connectivity index (χ4n) is 2.09. The van der Waals surface area contributed by atoms with Crippen LogP contribution in [-0.4, -0.2) is 23.0 Å². The number of nitriles is 1. The molecule has 0 unspecified atom stereocenters. The average molecular weight is 262 g/mol. The molecule has 2 rings (SSSR count). The quantitative estimate of drug-likeness (QED) is 0.801. The first-order chi connectivity index (χ1) is 8.68. The highest BCUT2D eigenvalue weighted by molar-refractivity contribution is 7.99. The summed E-state index contributed by atoms with van der Waals surface area (Å²) < 4.78 is 0. The van der Waals surface area contributed by atoms with Crippen molar-refractivity contribution < 1.29 is 5.11 Å². The molecule has 0 atom stereocenters. The minimum Gasteiger partial charge on any atom is -0.388 e. The van der Waals surface area contributed by atoms with Gasteiger partial charge in [-0.2, -0.15) is 5.26 Å². The zero-order chi connectivity index (χ0) is 13.0. The fraction of sp³-hybridized carbons (Fsp3) is 0.500. The summed E-state index contributed by atoms with van der Waals surface area (Å²) in [5, 5.41) is 22.5. The van der Waals surface area contributed by atoms with E-state index in [4.69, 9.17) is 0 Å². The molecule has 4 heteroatoms. The van der Waals surface area contributed by atoms with Gasteiger partial charge in [0.25, 0.3) is 0 Å². The van der Waals surface area contributed by atoms with Crippen molar-refractivity contribution in [1.82, 2.24) is 0 Å². The van der Waals surface area contributed by atoms with Crippen LogP contribution in [0.1, 0.15) is 31.7 Å². The lowest BCUT2D eigenvalue weighted by atomic mass is 9.80. The monoisotopic (exact) mass is 262 g/mol. The largest absolute Gasteiger partial charge is 0.388 e. The molecule has 0 amide bonds. The van der Waals surface area contributed by atoms with Gasteiger partial charge in [-0.15, -0.1) is 11.8 Å². The number of nitrogens with zero attached hydrogens (tertiary/aromatic N) is 1. The lowest BCUT2D eigenvalue weighted by molar-refractivity contribution is -0.0202. The van der Waals surface area contributed by atoms with Crippen LogP contribution in [0.2, 0.25) is 0 Å². The molecular weight excluding hydrogens is 244 g/mol. The SMILES string of the molecule is CCSc1cccc(NCC2(O)CCC2)c1C#N. The smallest absolute Gasteiger partial charge is 0.102 e. The van der Waals surface area contributed by atoms with E-state index in [1.165, 1.54) is 0 Å². The summed E-state index contributed by atoms with van der Waals surface area (Å²) in [5.74, 6) is 0.946. The van der Waals surface area contributed by atoms with E-state index >= 15 is 0 Å². The molecule has 0 bridgehead atoms. The van der Waals surface area contributed by atoms with Gasteiger partial charge in [0.05, 0.1) is 16.9 Å². The third kappa shape index (κ3) is 2.80. The lowest BCUT2D eigenvalue weighted by Crippen LogP contribution is -2.43. The first-order valence-corrected chi connectivity index (χ1v) is 7.29. The Bertz CT molecular complexity index is 463. The van der Waals surface area contributed by atoms with Crippen molar-refractivity contribution in [1.29, 1.82) is 5.26 Å². The van der Waals surface area contributed by atoms with Crippen molar-refractivity contribution in [2.75, 3.05) is 17.6 Å². The van der Waals surface area contributed by atoms with Gasteiger partial charge in [0.15, 0.2) is 0 Å². The van der Waals surface area contributed by atoms with Crippen molar-refractivity contribution in [3.63, 3.8) is 0 Å². The molecule has 1 aromatic rings. The standard InChI is InChI=1S/C14H18N2OS/c1-2-18-13-6-3-5-12(11(13)9-15)16-10-14(17)7-4-8-14/h3,5-6,16-17H,2,4,7-8,10H2,1H3. The van der Waals surface area contributed by atoms with Gasteiger partial charge in [0.2, 0.25) is 0 Å². The van der Waals surface area contributed by atoms with Gasteiger partial charge in [-0.25, -0.2) is 0 Å². The average Bonchev–Trinajstić information content (AvgIpc) is 2.34. The lowest BCUT2D eigenvalue weighted by Gasteiger charge is -2.37. The summed E-state index contributed by atoms with van der Waals surface area (Å²) in [5.41, 5.74) is 0.948. The molecule has 1 aromatic carbocycles. The number of anilines is 1. The van der Waals surface area contributed by atoms with Gasteiger partial charge >= 0.3 is 0 Å². The molecule has 0 aliphatic heterocycles. The molecule has 0 heterocycles. The highest BCUT2D eigenvalue weighted by Gasteiger charge is 2.34. The Hall–Kier alpha value is -1.18. The van der Waals surface area contributed by atoms with Gasteiger partial charge < -0.3 is 10.4 Å². The fourth-order valence-corrected chi connectivity index (χ4v) is 2.88. The van der Waals surface area contributed by atoms with Crippen molar-refractivity contribution in [2.24, 2.45) is 0 Å². The first kappa shape index (κ1) is 13.3. The molecule has 96 valence electrons. The van der Waals surface area contributed by atoms with Crippen molar-refractivity contribution in [3.8, 4) is 6.07 Å². The molecule has 1 saturated carbocycles. The Balaban J connectivity index is 2.12. The molecule has 1 fully saturated rings. The van der Waals surface area contributed by atoms with Gasteiger partial charge in [0.1, 0.15) is 6.07 Å². The third-order valence-electron chi connectivity index (χ3n) is 3.33. The van der Waals surface area contributed by atoms with Crippen molar-refractivity contribution >= 4 is 17.4 Å². The maximum atomic E-state index is 10.1. The number of hydrogen-bond acceptors (Lipinski definition) is 4. The normalized spacial score (nSPS) is 16.7. The van der Waals surface area contributed by atoms with Gasteiger partial charge in [-0.05, 0) is 37.1 Å². The van der Waals surface area contributed by atoms with E-state index < -0.39 is 5.60 Å². The first-order valence-electron chi connectivity index (χ1n) is 6.31. The number of nitrogens with one attached hydrogen (secondary N) is 1. The highest BCUT2D eigenvalue weighted by atomic mass is 32.2. The second-order valence-corrected chi connectivity index (χ2v) is 5.96. The van der Waals surface area contributed by atoms with E-state index in [-0.39, 0.29) is 0 Å². The van der Waals surface area contributed by atoms with Crippen LogP contribution in [0.5, 0.6) is 0 Å². The zero-order valence-corrected chi connectivity index (χ0v) is 11.4. The Labute approximate surface area is 112 Å². The van der Waals surface area contributed by atoms with Crippen molar-refractivity contribution in [2.45, 2.75) is 36.7 Å². The summed E-state index contributed by atoms with van der Waals surface area (Å²) in [6.07, 6.45) is 2.80. The van der Waals surface area contributed by atoms with Crippen LogP contribution >= 0.6 is 11.8 Å². The summed E-state index contributed by atoms with van der Waals surface area (Å²) in [7, 11) is 0. The van der Waals surface area contributed by atoms with Crippen LogP contribution in [0.4, 0.5) is 5.69 Å². The topological polar surface area (TPSA) is 56.0 Å². The predicted octanol–water partition coefficient (Wildman–Crippen LogP) is 3.00. The second kappa shape index (κ2) is 5.64. The molecule has 1 aliphatic rings. The van der Waals surface area contributed by atoms with E-state index in [2.05, 4.69) is 18.3 Å². The van der Waals surface area contributed by atoms with E-state index in [1.54, 1.807) is 11.8 Å². The van der Waals surface area contributed by atoms with Crippen LogP contribution in [0.25, 0.3) is 0 Å². The van der Waals surface area contributed by atoms with Gasteiger partial charge in [-0.1, -0.05) is 13.0 Å². The summed E-state index contributed by atoms with van der Waals surface area (Å²) in [4.78, 5) is 1.01. The molecule has 0 saturated heterocycles. The summed E-state index contributed by atoms with van der Waals surface area (Å²) in [6, 6.07) is 8.08. The van der Waals surface area contributed by atoms with E-state index in [0.29, 0.717) is 12.1 Å². The third-order valence-corrected chi connectivity index (χ3v) is 4.27. The zero-order valence-electron chi connectivity index (χ0n) is 10.6. The summed E-state index contributed by atoms with van der Waals surface area (Å²) >= 11 is 1.67. The van der Waals surface area contributed by atoms with Gasteiger partial charge in [-0.3, -0.25) is 0 Å². The Kier molecular flexibility index (Phi) is 4.15. The minimum atomic E-state index is -0.569. The molecule has 0 aromatic heterocycles. The highest BCUT2D eigenvalue weighted by Crippen LogP contribution is 2.33. The molecule has 0 radical (unpaired) electrons. The van der Waals surface area contributed by atoms with E-state index in [9.17, 15) is 10.4 Å². The second-order valence-electron chi connectivity index (χ2n) is 4.65. The molecule has 0 spiro atoms.